The largest absolute Gasteiger partial charge is 0.321 e. The first-order valence-corrected chi connectivity index (χ1v) is 6.64. The maximum atomic E-state index is 13.3. The topological polar surface area (TPSA) is 41.1 Å². The molecule has 1 heterocycles. The Morgan fingerprint density at radius 2 is 2.05 bits per heavy atom. The number of nitrogens with one attached hydrogen (secondary N) is 2. The van der Waals surface area contributed by atoms with Crippen molar-refractivity contribution in [3.63, 3.8) is 0 Å². The first-order valence-electron chi connectivity index (χ1n) is 6.64. The van der Waals surface area contributed by atoms with Crippen LogP contribution in [0.5, 0.6) is 0 Å². The fourth-order valence-electron chi connectivity index (χ4n) is 2.29. The van der Waals surface area contributed by atoms with Gasteiger partial charge in [0.2, 0.25) is 5.91 Å². The lowest BCUT2D eigenvalue weighted by molar-refractivity contribution is -0.116. The quantitative estimate of drug-likeness (QED) is 0.881. The van der Waals surface area contributed by atoms with Gasteiger partial charge in [0.15, 0.2) is 0 Å². The number of halogens is 2. The zero-order valence-electron chi connectivity index (χ0n) is 10.7. The molecule has 1 unspecified atom stereocenters. The Labute approximate surface area is 111 Å². The zero-order valence-corrected chi connectivity index (χ0v) is 10.7. The van der Waals surface area contributed by atoms with Gasteiger partial charge in [-0.15, -0.1) is 0 Å². The Morgan fingerprint density at radius 3 is 2.68 bits per heavy atom. The minimum Gasteiger partial charge on any atom is -0.321 e. The Balaban J connectivity index is 1.83. The maximum Gasteiger partial charge on any atom is 0.224 e. The minimum absolute atomic E-state index is 0.269. The summed E-state index contributed by atoms with van der Waals surface area (Å²) in [6.07, 6.45) is 4.36. The fourth-order valence-corrected chi connectivity index (χ4v) is 2.29. The van der Waals surface area contributed by atoms with E-state index in [1.54, 1.807) is 0 Å². The van der Waals surface area contributed by atoms with Crippen molar-refractivity contribution < 1.29 is 13.6 Å². The standard InChI is InChI=1S/C14H18F2N2O/c15-11-5-3-6-12(16)14(11)18-13(19)8-7-10-4-1-2-9-17-10/h3,5-6,10,17H,1-2,4,7-9H2,(H,18,19). The third kappa shape index (κ3) is 3.99. The van der Waals surface area contributed by atoms with Gasteiger partial charge in [0.1, 0.15) is 17.3 Å². The van der Waals surface area contributed by atoms with E-state index in [2.05, 4.69) is 10.6 Å². The van der Waals surface area contributed by atoms with Gasteiger partial charge in [0.05, 0.1) is 0 Å². The summed E-state index contributed by atoms with van der Waals surface area (Å²) < 4.78 is 26.7. The second-order valence-corrected chi connectivity index (χ2v) is 4.83. The number of hydrogen-bond donors (Lipinski definition) is 2. The molecule has 1 amide bonds. The van der Waals surface area contributed by atoms with Crippen molar-refractivity contribution in [1.82, 2.24) is 5.32 Å². The molecular formula is C14H18F2N2O. The molecular weight excluding hydrogens is 250 g/mol. The summed E-state index contributed by atoms with van der Waals surface area (Å²) in [4.78, 5) is 11.7. The van der Waals surface area contributed by atoms with Crippen LogP contribution < -0.4 is 10.6 Å². The lowest BCUT2D eigenvalue weighted by Crippen LogP contribution is -2.34. The van der Waals surface area contributed by atoms with Crippen LogP contribution in [0.4, 0.5) is 14.5 Å². The van der Waals surface area contributed by atoms with Crippen molar-refractivity contribution >= 4 is 11.6 Å². The van der Waals surface area contributed by atoms with Crippen LogP contribution in [0.25, 0.3) is 0 Å². The number of carbonyl (C=O) groups is 1. The van der Waals surface area contributed by atoms with Crippen LogP contribution in [0.2, 0.25) is 0 Å². The minimum atomic E-state index is -0.746. The number of carbonyl (C=O) groups excluding carboxylic acids is 1. The summed E-state index contributed by atoms with van der Waals surface area (Å²) in [6, 6.07) is 3.86. The first kappa shape index (κ1) is 13.9. The van der Waals surface area contributed by atoms with Gasteiger partial charge < -0.3 is 10.6 Å². The Bertz CT molecular complexity index is 425. The molecule has 0 saturated carbocycles. The molecule has 0 radical (unpaired) electrons. The lowest BCUT2D eigenvalue weighted by atomic mass is 10.0. The summed E-state index contributed by atoms with van der Waals surface area (Å²) in [6.45, 7) is 0.980. The Kier molecular flexibility index (Phi) is 4.85. The van der Waals surface area contributed by atoms with E-state index >= 15 is 0 Å². The number of hydrogen-bond acceptors (Lipinski definition) is 2. The summed E-state index contributed by atoms with van der Waals surface area (Å²) >= 11 is 0. The van der Waals surface area contributed by atoms with E-state index in [0.29, 0.717) is 12.5 Å². The average molecular weight is 268 g/mol. The number of anilines is 1. The van der Waals surface area contributed by atoms with Crippen molar-refractivity contribution in [2.24, 2.45) is 0 Å². The Morgan fingerprint density at radius 1 is 1.32 bits per heavy atom. The molecule has 1 atom stereocenters. The highest BCUT2D eigenvalue weighted by atomic mass is 19.1. The average Bonchev–Trinajstić information content (AvgIpc) is 2.42. The molecule has 1 aliphatic rings. The van der Waals surface area contributed by atoms with Crippen LogP contribution in [0, 0.1) is 11.6 Å². The van der Waals surface area contributed by atoms with E-state index in [-0.39, 0.29) is 18.0 Å². The molecule has 0 spiro atoms. The predicted octanol–water partition coefficient (Wildman–Crippen LogP) is 2.83. The molecule has 104 valence electrons. The first-order chi connectivity index (χ1) is 9.16. The van der Waals surface area contributed by atoms with E-state index in [4.69, 9.17) is 0 Å². The van der Waals surface area contributed by atoms with Gasteiger partial charge in [-0.1, -0.05) is 12.5 Å². The van der Waals surface area contributed by atoms with Crippen LogP contribution in [0.3, 0.4) is 0 Å². The second-order valence-electron chi connectivity index (χ2n) is 4.83. The predicted molar refractivity (Wildman–Crippen MR) is 69.9 cm³/mol. The number of amides is 1. The van der Waals surface area contributed by atoms with E-state index in [1.807, 2.05) is 0 Å². The molecule has 5 heteroatoms. The number of benzene rings is 1. The molecule has 0 aromatic heterocycles. The molecule has 19 heavy (non-hydrogen) atoms. The van der Waals surface area contributed by atoms with Crippen molar-refractivity contribution in [3.8, 4) is 0 Å². The molecule has 1 saturated heterocycles. The molecule has 0 aliphatic carbocycles. The Hall–Kier alpha value is -1.49. The SMILES string of the molecule is O=C(CCC1CCCCN1)Nc1c(F)cccc1F. The second kappa shape index (κ2) is 6.61. The summed E-state index contributed by atoms with van der Waals surface area (Å²) in [5.74, 6) is -1.84. The lowest BCUT2D eigenvalue weighted by Gasteiger charge is -2.23. The number of rotatable bonds is 4. The summed E-state index contributed by atoms with van der Waals surface area (Å²) in [5, 5.41) is 5.63. The van der Waals surface area contributed by atoms with Gasteiger partial charge in [-0.25, -0.2) is 8.78 Å². The fraction of sp³-hybridized carbons (Fsp3) is 0.500. The smallest absolute Gasteiger partial charge is 0.224 e. The van der Waals surface area contributed by atoms with Crippen LogP contribution in [-0.2, 0) is 4.79 Å². The maximum absolute atomic E-state index is 13.3. The highest BCUT2D eigenvalue weighted by molar-refractivity contribution is 5.90. The third-order valence-electron chi connectivity index (χ3n) is 3.36. The highest BCUT2D eigenvalue weighted by Crippen LogP contribution is 2.19. The van der Waals surface area contributed by atoms with Crippen LogP contribution in [-0.4, -0.2) is 18.5 Å². The molecule has 1 aromatic rings. The van der Waals surface area contributed by atoms with Gasteiger partial charge >= 0.3 is 0 Å². The molecule has 1 fully saturated rings. The van der Waals surface area contributed by atoms with Gasteiger partial charge in [0, 0.05) is 12.5 Å². The number of piperidine rings is 1. The molecule has 3 nitrogen and oxygen atoms in total. The van der Waals surface area contributed by atoms with Crippen molar-refractivity contribution in [2.45, 2.75) is 38.1 Å². The van der Waals surface area contributed by atoms with Gasteiger partial charge in [-0.2, -0.15) is 0 Å². The van der Waals surface area contributed by atoms with Gasteiger partial charge in [0.25, 0.3) is 0 Å². The van der Waals surface area contributed by atoms with E-state index in [0.717, 1.165) is 25.1 Å². The monoisotopic (exact) mass is 268 g/mol. The van der Waals surface area contributed by atoms with Crippen molar-refractivity contribution in [3.05, 3.63) is 29.8 Å². The molecule has 2 N–H and O–H groups in total. The number of para-hydroxylation sites is 1. The van der Waals surface area contributed by atoms with E-state index < -0.39 is 11.6 Å². The summed E-state index contributed by atoms with van der Waals surface area (Å²) in [7, 11) is 0. The van der Waals surface area contributed by atoms with E-state index in [9.17, 15) is 13.6 Å². The van der Waals surface area contributed by atoms with E-state index in [1.165, 1.54) is 18.9 Å². The highest BCUT2D eigenvalue weighted by Gasteiger charge is 2.16. The van der Waals surface area contributed by atoms with Gasteiger partial charge in [-0.3, -0.25) is 4.79 Å². The molecule has 2 rings (SSSR count). The molecule has 1 aliphatic heterocycles. The normalized spacial score (nSPS) is 19.2. The molecule has 1 aromatic carbocycles. The van der Waals surface area contributed by atoms with Crippen molar-refractivity contribution in [2.75, 3.05) is 11.9 Å². The summed E-state index contributed by atoms with van der Waals surface area (Å²) in [5.41, 5.74) is -0.357. The van der Waals surface area contributed by atoms with Crippen LogP contribution >= 0.6 is 0 Å². The van der Waals surface area contributed by atoms with Crippen LogP contribution in [0.1, 0.15) is 32.1 Å². The zero-order chi connectivity index (χ0) is 13.7. The van der Waals surface area contributed by atoms with Crippen LogP contribution in [0.15, 0.2) is 18.2 Å². The van der Waals surface area contributed by atoms with Gasteiger partial charge in [-0.05, 0) is 37.9 Å². The van der Waals surface area contributed by atoms with Crippen molar-refractivity contribution in [1.29, 1.82) is 0 Å². The third-order valence-corrected chi connectivity index (χ3v) is 3.36. The molecule has 0 bridgehead atoms.